The molecule has 2 fully saturated rings. The number of hydrogen-bond donors (Lipinski definition) is 2. The minimum Gasteiger partial charge on any atom is -0.449 e. The van der Waals surface area contributed by atoms with E-state index < -0.39 is 41.2 Å². The van der Waals surface area contributed by atoms with E-state index in [9.17, 15) is 31.1 Å². The topological polar surface area (TPSA) is 59.6 Å². The number of rotatable bonds is 5. The second-order valence-corrected chi connectivity index (χ2v) is 9.21. The van der Waals surface area contributed by atoms with Crippen LogP contribution in [0.4, 0.5) is 31.1 Å². The number of amides is 1. The number of carbonyl (C=O) groups excluding carboxylic acids is 1. The SMILES string of the molecule is C[C@@H](OC[C@@]1(c2ccccc2)CCC2NC(=O)OCC[C@H]2N1)c1cc(C(F)(F)F)cc(C(F)(F)F)c1. The molecule has 2 aromatic rings. The number of piperidine rings is 1. The summed E-state index contributed by atoms with van der Waals surface area (Å²) in [6, 6.07) is 10.5. The largest absolute Gasteiger partial charge is 0.449 e. The van der Waals surface area contributed by atoms with E-state index in [4.69, 9.17) is 9.47 Å². The summed E-state index contributed by atoms with van der Waals surface area (Å²) in [6.45, 7) is 1.64. The Kier molecular flexibility index (Phi) is 7.25. The third kappa shape index (κ3) is 5.78. The average Bonchev–Trinajstić information content (AvgIpc) is 3.01. The van der Waals surface area contributed by atoms with Gasteiger partial charge in [0, 0.05) is 12.1 Å². The molecule has 2 N–H and O–H groups in total. The number of halogens is 6. The van der Waals surface area contributed by atoms with Gasteiger partial charge >= 0.3 is 18.4 Å². The lowest BCUT2D eigenvalue weighted by Gasteiger charge is -2.46. The second kappa shape index (κ2) is 9.93. The molecule has 0 spiro atoms. The first-order chi connectivity index (χ1) is 16.9. The Morgan fingerprint density at radius 2 is 1.64 bits per heavy atom. The van der Waals surface area contributed by atoms with Crippen molar-refractivity contribution < 1.29 is 40.6 Å². The van der Waals surface area contributed by atoms with Crippen LogP contribution in [-0.2, 0) is 27.4 Å². The minimum absolute atomic E-state index is 0.00615. The first-order valence-corrected chi connectivity index (χ1v) is 11.5. The van der Waals surface area contributed by atoms with E-state index in [2.05, 4.69) is 10.6 Å². The molecule has 196 valence electrons. The van der Waals surface area contributed by atoms with Crippen molar-refractivity contribution in [3.8, 4) is 0 Å². The van der Waals surface area contributed by atoms with Gasteiger partial charge in [0.1, 0.15) is 0 Å². The highest BCUT2D eigenvalue weighted by Gasteiger charge is 2.44. The lowest BCUT2D eigenvalue weighted by atomic mass is 9.78. The van der Waals surface area contributed by atoms with E-state index in [1.54, 1.807) is 0 Å². The van der Waals surface area contributed by atoms with E-state index in [0.717, 1.165) is 5.56 Å². The molecule has 0 aliphatic carbocycles. The summed E-state index contributed by atoms with van der Waals surface area (Å²) in [4.78, 5) is 11.8. The first-order valence-electron chi connectivity index (χ1n) is 11.5. The molecule has 5 nitrogen and oxygen atoms in total. The standard InChI is InChI=1S/C25H26F6N2O3/c1-15(16-11-18(24(26,27)28)13-19(12-16)25(29,30)31)36-14-23(17-5-3-2-4-6-17)9-7-20-21(33-23)8-10-35-22(34)32-20/h2-6,11-13,15,20-21,33H,7-10,14H2,1H3,(H,32,34)/t15-,20?,21-,23-/m1/s1. The predicted molar refractivity (Wildman–Crippen MR) is 118 cm³/mol. The molecule has 0 aromatic heterocycles. The average molecular weight is 516 g/mol. The van der Waals surface area contributed by atoms with E-state index in [-0.39, 0.29) is 36.9 Å². The van der Waals surface area contributed by atoms with Gasteiger partial charge in [0.25, 0.3) is 0 Å². The van der Waals surface area contributed by atoms with Crippen LogP contribution in [0.5, 0.6) is 0 Å². The van der Waals surface area contributed by atoms with Crippen LogP contribution in [0.1, 0.15) is 54.5 Å². The molecule has 2 aliphatic rings. The predicted octanol–water partition coefficient (Wildman–Crippen LogP) is 5.95. The molecule has 1 amide bonds. The van der Waals surface area contributed by atoms with Gasteiger partial charge in [-0.2, -0.15) is 26.3 Å². The maximum atomic E-state index is 13.3. The number of cyclic esters (lactones) is 1. The summed E-state index contributed by atoms with van der Waals surface area (Å²) in [5.41, 5.74) is -2.88. The quantitative estimate of drug-likeness (QED) is 0.483. The van der Waals surface area contributed by atoms with E-state index in [1.807, 2.05) is 30.3 Å². The number of nitrogens with one attached hydrogen (secondary N) is 2. The number of carbonyl (C=O) groups is 1. The van der Waals surface area contributed by atoms with Crippen molar-refractivity contribution in [3.63, 3.8) is 0 Å². The smallest absolute Gasteiger partial charge is 0.416 e. The molecule has 11 heteroatoms. The number of benzene rings is 2. The molecule has 0 bridgehead atoms. The van der Waals surface area contributed by atoms with Crippen LogP contribution in [0, 0.1) is 0 Å². The van der Waals surface area contributed by atoms with E-state index in [0.29, 0.717) is 31.4 Å². The first kappa shape index (κ1) is 26.3. The molecular formula is C25H26F6N2O3. The summed E-state index contributed by atoms with van der Waals surface area (Å²) in [7, 11) is 0. The Morgan fingerprint density at radius 1 is 1.00 bits per heavy atom. The summed E-state index contributed by atoms with van der Waals surface area (Å²) in [5, 5.41) is 6.37. The molecule has 0 saturated carbocycles. The van der Waals surface area contributed by atoms with Gasteiger partial charge in [-0.15, -0.1) is 0 Å². The fourth-order valence-electron chi connectivity index (χ4n) is 4.81. The lowest BCUT2D eigenvalue weighted by molar-refractivity contribution is -0.143. The molecule has 2 saturated heterocycles. The molecule has 0 radical (unpaired) electrons. The number of alkyl halides is 6. The van der Waals surface area contributed by atoms with Gasteiger partial charge in [0.15, 0.2) is 0 Å². The van der Waals surface area contributed by atoms with Crippen molar-refractivity contribution in [2.45, 2.75) is 62.3 Å². The van der Waals surface area contributed by atoms with Crippen LogP contribution in [-0.4, -0.2) is 31.4 Å². The molecule has 2 aliphatic heterocycles. The zero-order valence-electron chi connectivity index (χ0n) is 19.4. The van der Waals surface area contributed by atoms with Gasteiger partial charge < -0.3 is 20.1 Å². The summed E-state index contributed by atoms with van der Waals surface area (Å²) in [6.07, 6.45) is -9.78. The molecule has 4 atom stereocenters. The zero-order chi connectivity index (χ0) is 26.1. The van der Waals surface area contributed by atoms with Crippen LogP contribution in [0.3, 0.4) is 0 Å². The fraction of sp³-hybridized carbons (Fsp3) is 0.480. The van der Waals surface area contributed by atoms with Gasteiger partial charge in [-0.05, 0) is 55.5 Å². The van der Waals surface area contributed by atoms with Crippen LogP contribution >= 0.6 is 0 Å². The van der Waals surface area contributed by atoms with E-state index in [1.165, 1.54) is 6.92 Å². The van der Waals surface area contributed by atoms with Gasteiger partial charge in [-0.1, -0.05) is 30.3 Å². The Hall–Kier alpha value is -2.79. The molecule has 2 aromatic carbocycles. The summed E-state index contributed by atoms with van der Waals surface area (Å²) >= 11 is 0. The van der Waals surface area contributed by atoms with Crippen molar-refractivity contribution in [2.75, 3.05) is 13.2 Å². The lowest BCUT2D eigenvalue weighted by Crippen LogP contribution is -2.62. The maximum absolute atomic E-state index is 13.3. The van der Waals surface area contributed by atoms with Crippen LogP contribution in [0.2, 0.25) is 0 Å². The molecule has 4 rings (SSSR count). The fourth-order valence-corrected chi connectivity index (χ4v) is 4.81. The van der Waals surface area contributed by atoms with Crippen molar-refractivity contribution in [1.29, 1.82) is 0 Å². The highest BCUT2D eigenvalue weighted by Crippen LogP contribution is 2.39. The Bertz CT molecular complexity index is 1040. The van der Waals surface area contributed by atoms with Crippen molar-refractivity contribution in [3.05, 3.63) is 70.8 Å². The number of hydrogen-bond acceptors (Lipinski definition) is 4. The van der Waals surface area contributed by atoms with Crippen molar-refractivity contribution >= 4 is 6.09 Å². The van der Waals surface area contributed by atoms with Gasteiger partial charge in [-0.3, -0.25) is 0 Å². The van der Waals surface area contributed by atoms with Crippen LogP contribution < -0.4 is 10.6 Å². The highest BCUT2D eigenvalue weighted by molar-refractivity contribution is 5.68. The maximum Gasteiger partial charge on any atom is 0.416 e. The van der Waals surface area contributed by atoms with Crippen molar-refractivity contribution in [1.82, 2.24) is 10.6 Å². The van der Waals surface area contributed by atoms with Gasteiger partial charge in [0.2, 0.25) is 0 Å². The zero-order valence-corrected chi connectivity index (χ0v) is 19.4. The minimum atomic E-state index is -4.94. The number of fused-ring (bicyclic) bond motifs is 1. The second-order valence-electron chi connectivity index (χ2n) is 9.21. The highest BCUT2D eigenvalue weighted by atomic mass is 19.4. The van der Waals surface area contributed by atoms with Gasteiger partial charge in [0.05, 0.1) is 36.0 Å². The number of alkyl carbamates (subject to hydrolysis) is 1. The number of ether oxygens (including phenoxy) is 2. The van der Waals surface area contributed by atoms with E-state index >= 15 is 0 Å². The molecule has 2 heterocycles. The van der Waals surface area contributed by atoms with Gasteiger partial charge in [-0.25, -0.2) is 4.79 Å². The molecule has 36 heavy (non-hydrogen) atoms. The normalized spacial score (nSPS) is 25.8. The Morgan fingerprint density at radius 3 is 2.25 bits per heavy atom. The molecule has 1 unspecified atom stereocenters. The Balaban J connectivity index is 1.60. The van der Waals surface area contributed by atoms with Crippen LogP contribution in [0.25, 0.3) is 0 Å². The molecular weight excluding hydrogens is 490 g/mol. The third-order valence-corrected chi connectivity index (χ3v) is 6.78. The monoisotopic (exact) mass is 516 g/mol. The third-order valence-electron chi connectivity index (χ3n) is 6.78. The van der Waals surface area contributed by atoms with Crippen molar-refractivity contribution in [2.24, 2.45) is 0 Å². The summed E-state index contributed by atoms with van der Waals surface area (Å²) < 4.78 is 91.0. The summed E-state index contributed by atoms with van der Waals surface area (Å²) in [5.74, 6) is 0. The van der Waals surface area contributed by atoms with Crippen LogP contribution in [0.15, 0.2) is 48.5 Å². The Labute approximate surface area is 204 Å².